The van der Waals surface area contributed by atoms with Gasteiger partial charge in [-0.2, -0.15) is 0 Å². The lowest BCUT2D eigenvalue weighted by Crippen LogP contribution is -2.18. The molecule has 0 bridgehead atoms. The summed E-state index contributed by atoms with van der Waals surface area (Å²) in [5, 5.41) is 0. The molecule has 0 aromatic heterocycles. The van der Waals surface area contributed by atoms with E-state index < -0.39 is 0 Å². The van der Waals surface area contributed by atoms with E-state index in [-0.39, 0.29) is 5.41 Å². The van der Waals surface area contributed by atoms with Gasteiger partial charge in [-0.15, -0.1) is 0 Å². The highest BCUT2D eigenvalue weighted by molar-refractivity contribution is 5.39. The lowest BCUT2D eigenvalue weighted by atomic mass is 9.78. The van der Waals surface area contributed by atoms with Crippen LogP contribution in [-0.4, -0.2) is 0 Å². The molecule has 0 aliphatic carbocycles. The van der Waals surface area contributed by atoms with Crippen molar-refractivity contribution in [2.45, 2.75) is 73.1 Å². The molecule has 0 aliphatic heterocycles. The van der Waals surface area contributed by atoms with Crippen LogP contribution in [0.25, 0.3) is 0 Å². The largest absolute Gasteiger partial charge is 0.0651 e. The summed E-state index contributed by atoms with van der Waals surface area (Å²) in [4.78, 5) is 0. The second-order valence-electron chi connectivity index (χ2n) is 7.46. The third kappa shape index (κ3) is 5.82. The van der Waals surface area contributed by atoms with E-state index in [9.17, 15) is 0 Å². The van der Waals surface area contributed by atoms with Crippen LogP contribution in [0.15, 0.2) is 48.5 Å². The Morgan fingerprint density at radius 2 is 1.17 bits per heavy atom. The average molecular weight is 325 g/mol. The Bertz CT molecular complexity index is 568. The topological polar surface area (TPSA) is 0 Å². The summed E-state index contributed by atoms with van der Waals surface area (Å²) in [6, 6.07) is 17.9. The van der Waals surface area contributed by atoms with Gasteiger partial charge in [0.1, 0.15) is 0 Å². The minimum atomic E-state index is 0.0694. The first-order chi connectivity index (χ1) is 11.3. The summed E-state index contributed by atoms with van der Waals surface area (Å²) in [7, 11) is 0. The van der Waals surface area contributed by atoms with Crippen LogP contribution in [0.3, 0.4) is 0 Å². The number of aryl methyl sites for hydroxylation is 2. The van der Waals surface area contributed by atoms with E-state index in [1.165, 1.54) is 35.1 Å². The number of rotatable bonds is 5. The third-order valence-electron chi connectivity index (χ3n) is 5.25. The van der Waals surface area contributed by atoms with Crippen molar-refractivity contribution < 1.29 is 0 Å². The minimum absolute atomic E-state index is 0.0694. The van der Waals surface area contributed by atoms with Gasteiger partial charge in [0.25, 0.3) is 0 Å². The van der Waals surface area contributed by atoms with E-state index in [0.29, 0.717) is 0 Å². The Labute approximate surface area is 150 Å². The summed E-state index contributed by atoms with van der Waals surface area (Å²) in [5.41, 5.74) is 5.54. The third-order valence-corrected chi connectivity index (χ3v) is 5.25. The van der Waals surface area contributed by atoms with Crippen LogP contribution < -0.4 is 0 Å². The molecule has 2 aromatic rings. The first-order valence-electron chi connectivity index (χ1n) is 9.51. The maximum absolute atomic E-state index is 2.29. The quantitative estimate of drug-likeness (QED) is 0.540. The van der Waals surface area contributed by atoms with Crippen LogP contribution in [0.2, 0.25) is 0 Å². The Hall–Kier alpha value is -1.56. The van der Waals surface area contributed by atoms with Crippen molar-refractivity contribution >= 4 is 0 Å². The molecule has 0 nitrogen and oxygen atoms in total. The second kappa shape index (κ2) is 9.67. The molecule has 0 fully saturated rings. The van der Waals surface area contributed by atoms with Crippen molar-refractivity contribution in [2.24, 2.45) is 5.92 Å². The SMILES string of the molecule is CCC(C)CC.CCc1ccc(C(C)(C)c2ccc(C)cc2)cc1. The van der Waals surface area contributed by atoms with Gasteiger partial charge >= 0.3 is 0 Å². The molecule has 0 aliphatic rings. The predicted molar refractivity (Wildman–Crippen MR) is 109 cm³/mol. The number of benzene rings is 2. The fourth-order valence-electron chi connectivity index (χ4n) is 2.58. The first-order valence-corrected chi connectivity index (χ1v) is 9.51. The number of hydrogen-bond acceptors (Lipinski definition) is 0. The monoisotopic (exact) mass is 324 g/mol. The summed E-state index contributed by atoms with van der Waals surface area (Å²) in [6.07, 6.45) is 3.76. The lowest BCUT2D eigenvalue weighted by Gasteiger charge is -2.26. The molecule has 0 unspecified atom stereocenters. The summed E-state index contributed by atoms with van der Waals surface area (Å²) >= 11 is 0. The molecular formula is C24H36. The van der Waals surface area contributed by atoms with Crippen molar-refractivity contribution in [3.8, 4) is 0 Å². The molecule has 24 heavy (non-hydrogen) atoms. The van der Waals surface area contributed by atoms with Crippen LogP contribution in [0.4, 0.5) is 0 Å². The van der Waals surface area contributed by atoms with Crippen molar-refractivity contribution in [1.82, 2.24) is 0 Å². The van der Waals surface area contributed by atoms with E-state index >= 15 is 0 Å². The van der Waals surface area contributed by atoms with Gasteiger partial charge in [-0.05, 0) is 36.0 Å². The molecule has 0 radical (unpaired) electrons. The van der Waals surface area contributed by atoms with Crippen LogP contribution >= 0.6 is 0 Å². The van der Waals surface area contributed by atoms with E-state index in [2.05, 4.69) is 97.0 Å². The van der Waals surface area contributed by atoms with Crippen LogP contribution in [0.1, 0.15) is 76.6 Å². The highest BCUT2D eigenvalue weighted by Gasteiger charge is 2.22. The summed E-state index contributed by atoms with van der Waals surface area (Å²) in [6.45, 7) is 15.6. The zero-order valence-corrected chi connectivity index (χ0v) is 16.8. The van der Waals surface area contributed by atoms with Gasteiger partial charge in [-0.3, -0.25) is 0 Å². The van der Waals surface area contributed by atoms with Crippen molar-refractivity contribution in [1.29, 1.82) is 0 Å². The van der Waals surface area contributed by atoms with Gasteiger partial charge in [0, 0.05) is 5.41 Å². The molecule has 132 valence electrons. The van der Waals surface area contributed by atoms with Crippen molar-refractivity contribution in [2.75, 3.05) is 0 Å². The van der Waals surface area contributed by atoms with E-state index in [4.69, 9.17) is 0 Å². The zero-order valence-electron chi connectivity index (χ0n) is 16.8. The fourth-order valence-corrected chi connectivity index (χ4v) is 2.58. The first kappa shape index (κ1) is 20.5. The summed E-state index contributed by atoms with van der Waals surface area (Å²) in [5.74, 6) is 0.935. The maximum atomic E-state index is 2.29. The molecule has 0 atom stereocenters. The minimum Gasteiger partial charge on any atom is -0.0651 e. The highest BCUT2D eigenvalue weighted by atomic mass is 14.3. The van der Waals surface area contributed by atoms with Gasteiger partial charge < -0.3 is 0 Å². The van der Waals surface area contributed by atoms with Gasteiger partial charge in [0.05, 0.1) is 0 Å². The van der Waals surface area contributed by atoms with E-state index in [0.717, 1.165) is 12.3 Å². The van der Waals surface area contributed by atoms with Crippen molar-refractivity contribution in [3.63, 3.8) is 0 Å². The van der Waals surface area contributed by atoms with Crippen LogP contribution in [0, 0.1) is 12.8 Å². The van der Waals surface area contributed by atoms with Gasteiger partial charge in [-0.1, -0.05) is 108 Å². The molecule has 2 aromatic carbocycles. The summed E-state index contributed by atoms with van der Waals surface area (Å²) < 4.78 is 0. The lowest BCUT2D eigenvalue weighted by molar-refractivity contribution is 0.544. The molecule has 0 saturated heterocycles. The molecular weight excluding hydrogens is 288 g/mol. The smallest absolute Gasteiger partial charge is 0.0146 e. The normalized spacial score (nSPS) is 11.2. The van der Waals surface area contributed by atoms with E-state index in [1.54, 1.807) is 0 Å². The van der Waals surface area contributed by atoms with Gasteiger partial charge in [-0.25, -0.2) is 0 Å². The molecule has 0 spiro atoms. The van der Waals surface area contributed by atoms with Gasteiger partial charge in [0.15, 0.2) is 0 Å². The van der Waals surface area contributed by atoms with Gasteiger partial charge in [0.2, 0.25) is 0 Å². The molecule has 2 rings (SSSR count). The van der Waals surface area contributed by atoms with Crippen molar-refractivity contribution in [3.05, 3.63) is 70.8 Å². The molecule has 0 saturated carbocycles. The Kier molecular flexibility index (Phi) is 8.25. The van der Waals surface area contributed by atoms with Crippen LogP contribution in [-0.2, 0) is 11.8 Å². The molecule has 0 N–H and O–H groups in total. The van der Waals surface area contributed by atoms with Crippen LogP contribution in [0.5, 0.6) is 0 Å². The average Bonchev–Trinajstić information content (AvgIpc) is 2.62. The highest BCUT2D eigenvalue weighted by Crippen LogP contribution is 2.31. The molecule has 0 amide bonds. The number of hydrogen-bond donors (Lipinski definition) is 0. The second-order valence-corrected chi connectivity index (χ2v) is 7.46. The van der Waals surface area contributed by atoms with E-state index in [1.807, 2.05) is 0 Å². The standard InChI is InChI=1S/C18H22.C6H14/c1-5-15-8-12-17(13-9-15)18(3,4)16-10-6-14(2)7-11-16;1-4-6(3)5-2/h6-13H,5H2,1-4H3;6H,4-5H2,1-3H3. The Balaban J connectivity index is 0.000000413. The molecule has 0 heterocycles. The fraction of sp³-hybridized carbons (Fsp3) is 0.500. The zero-order chi connectivity index (χ0) is 18.2. The molecule has 0 heteroatoms. The Morgan fingerprint density at radius 1 is 0.750 bits per heavy atom. The predicted octanol–water partition coefficient (Wildman–Crippen LogP) is 7.33. The Morgan fingerprint density at radius 3 is 1.50 bits per heavy atom. The maximum Gasteiger partial charge on any atom is 0.0146 e.